The van der Waals surface area contributed by atoms with E-state index in [1.54, 1.807) is 39.0 Å². The van der Waals surface area contributed by atoms with E-state index in [-0.39, 0.29) is 6.42 Å². The Hall–Kier alpha value is -2.45. The molecule has 3 aliphatic rings. The van der Waals surface area contributed by atoms with Gasteiger partial charge in [-0.05, 0) is 39.0 Å². The van der Waals surface area contributed by atoms with Crippen LogP contribution in [0, 0.1) is 11.8 Å². The van der Waals surface area contributed by atoms with Crippen molar-refractivity contribution in [3.63, 3.8) is 0 Å². The van der Waals surface area contributed by atoms with Crippen LogP contribution in [-0.4, -0.2) is 40.1 Å². The minimum atomic E-state index is -1.47. The number of primary amides is 1. The molecule has 4 N–H and O–H groups in total. The second kappa shape index (κ2) is 5.78. The van der Waals surface area contributed by atoms with Crippen LogP contribution in [0.5, 0.6) is 0 Å². The molecule has 4 amide bonds. The van der Waals surface area contributed by atoms with Crippen LogP contribution in [0.4, 0.5) is 5.69 Å². The highest BCUT2D eigenvalue weighted by Gasteiger charge is 2.71. The smallest absolute Gasteiger partial charge is 0.250 e. The van der Waals surface area contributed by atoms with E-state index < -0.39 is 52.6 Å². The number of carbonyl (C=O) groups is 4. The molecule has 2 unspecified atom stereocenters. The van der Waals surface area contributed by atoms with Crippen LogP contribution in [0.15, 0.2) is 18.2 Å². The summed E-state index contributed by atoms with van der Waals surface area (Å²) >= 11 is 6.16. The lowest BCUT2D eigenvalue weighted by Gasteiger charge is -2.34. The summed E-state index contributed by atoms with van der Waals surface area (Å²) in [5, 5.41) is 6.30. The number of nitrogens with zero attached hydrogens (tertiary/aromatic N) is 1. The molecule has 28 heavy (non-hydrogen) atoms. The van der Waals surface area contributed by atoms with Gasteiger partial charge in [-0.2, -0.15) is 0 Å². The normalized spacial score (nSPS) is 31.4. The Kier molecular flexibility index (Phi) is 3.90. The summed E-state index contributed by atoms with van der Waals surface area (Å²) in [5.74, 6) is -3.75. The predicted octanol–water partition coefficient (Wildman–Crippen LogP) is 0.734. The highest BCUT2D eigenvalue weighted by molar-refractivity contribution is 6.31. The predicted molar refractivity (Wildman–Crippen MR) is 101 cm³/mol. The molecule has 2 fully saturated rings. The number of amides is 4. The molecule has 8 nitrogen and oxygen atoms in total. The highest BCUT2D eigenvalue weighted by atomic mass is 35.5. The average Bonchev–Trinajstić information content (AvgIpc) is 3.12. The van der Waals surface area contributed by atoms with Crippen LogP contribution in [-0.2, 0) is 24.7 Å². The number of hydrogen-bond donors (Lipinski definition) is 3. The number of likely N-dealkylation sites (tertiary alicyclic amines) is 1. The number of halogens is 1. The lowest BCUT2D eigenvalue weighted by molar-refractivity contribution is -0.147. The fourth-order valence-electron chi connectivity index (χ4n) is 4.83. The van der Waals surface area contributed by atoms with Gasteiger partial charge in [0.15, 0.2) is 0 Å². The standard InChI is InChI=1S/C19H21ClN4O4/c1-18(2,3)24-15(26)13-11(7-12(21)25)23-19(14(13)16(24)27)9-6-8(20)4-5-10(9)22-17(19)28/h4-6,11,13-14,23H,7H2,1-3H3,(H2,21,25)(H,22,28)/t11?,13-,14+,19?/m1/s1. The van der Waals surface area contributed by atoms with E-state index in [1.807, 2.05) is 0 Å². The fourth-order valence-corrected chi connectivity index (χ4v) is 5.00. The van der Waals surface area contributed by atoms with Crippen LogP contribution in [0.25, 0.3) is 0 Å². The molecule has 0 aliphatic carbocycles. The number of anilines is 1. The molecule has 4 rings (SSSR count). The highest BCUT2D eigenvalue weighted by Crippen LogP contribution is 2.54. The Balaban J connectivity index is 1.92. The molecule has 148 valence electrons. The number of rotatable bonds is 2. The maximum Gasteiger partial charge on any atom is 0.250 e. The van der Waals surface area contributed by atoms with Gasteiger partial charge >= 0.3 is 0 Å². The van der Waals surface area contributed by atoms with Gasteiger partial charge in [0.25, 0.3) is 0 Å². The molecular weight excluding hydrogens is 384 g/mol. The van der Waals surface area contributed by atoms with Crippen molar-refractivity contribution in [3.8, 4) is 0 Å². The summed E-state index contributed by atoms with van der Waals surface area (Å²) in [6.45, 7) is 5.27. The number of hydrogen-bond acceptors (Lipinski definition) is 5. The van der Waals surface area contributed by atoms with Crippen molar-refractivity contribution in [2.45, 2.75) is 44.3 Å². The van der Waals surface area contributed by atoms with E-state index in [0.717, 1.165) is 0 Å². The van der Waals surface area contributed by atoms with Gasteiger partial charge in [-0.15, -0.1) is 0 Å². The molecule has 0 radical (unpaired) electrons. The number of imide groups is 1. The molecule has 1 aromatic rings. The SMILES string of the molecule is CC(C)(C)N1C(=O)[C@@H]2C(CC(N)=O)NC3(C(=O)Nc4ccc(Cl)cc43)[C@@H]2C1=O. The molecule has 3 aliphatic heterocycles. The Bertz CT molecular complexity index is 940. The summed E-state index contributed by atoms with van der Waals surface area (Å²) in [5.41, 5.74) is 4.18. The van der Waals surface area contributed by atoms with E-state index in [1.165, 1.54) is 4.90 Å². The maximum atomic E-state index is 13.4. The third-order valence-electron chi connectivity index (χ3n) is 5.77. The summed E-state index contributed by atoms with van der Waals surface area (Å²) in [7, 11) is 0. The van der Waals surface area contributed by atoms with E-state index >= 15 is 0 Å². The first-order valence-corrected chi connectivity index (χ1v) is 9.41. The van der Waals surface area contributed by atoms with Crippen molar-refractivity contribution in [1.82, 2.24) is 10.2 Å². The number of nitrogens with two attached hydrogens (primary N) is 1. The molecule has 0 saturated carbocycles. The Morgan fingerprint density at radius 2 is 1.93 bits per heavy atom. The van der Waals surface area contributed by atoms with Crippen LogP contribution < -0.4 is 16.4 Å². The van der Waals surface area contributed by atoms with Crippen LogP contribution in [0.2, 0.25) is 5.02 Å². The second-order valence-corrected chi connectivity index (χ2v) is 9.00. The van der Waals surface area contributed by atoms with Crippen LogP contribution in [0.3, 0.4) is 0 Å². The first kappa shape index (κ1) is 18.9. The van der Waals surface area contributed by atoms with Gasteiger partial charge in [0, 0.05) is 34.3 Å². The van der Waals surface area contributed by atoms with E-state index in [0.29, 0.717) is 16.3 Å². The molecular formula is C19H21ClN4O4. The lowest BCUT2D eigenvalue weighted by atomic mass is 9.76. The van der Waals surface area contributed by atoms with Gasteiger partial charge in [-0.1, -0.05) is 11.6 Å². The van der Waals surface area contributed by atoms with Gasteiger partial charge < -0.3 is 11.1 Å². The Morgan fingerprint density at radius 1 is 1.25 bits per heavy atom. The molecule has 0 bridgehead atoms. The Morgan fingerprint density at radius 3 is 2.54 bits per heavy atom. The van der Waals surface area contributed by atoms with Crippen LogP contribution in [0.1, 0.15) is 32.8 Å². The summed E-state index contributed by atoms with van der Waals surface area (Å²) in [6.07, 6.45) is -0.164. The second-order valence-electron chi connectivity index (χ2n) is 8.56. The van der Waals surface area contributed by atoms with Crippen molar-refractivity contribution < 1.29 is 19.2 Å². The van der Waals surface area contributed by atoms with Crippen molar-refractivity contribution in [3.05, 3.63) is 28.8 Å². The topological polar surface area (TPSA) is 122 Å². The summed E-state index contributed by atoms with van der Waals surface area (Å²) < 4.78 is 0. The number of carbonyl (C=O) groups excluding carboxylic acids is 4. The zero-order valence-electron chi connectivity index (χ0n) is 15.7. The van der Waals surface area contributed by atoms with Gasteiger partial charge in [0.1, 0.15) is 5.54 Å². The lowest BCUT2D eigenvalue weighted by Crippen LogP contribution is -2.56. The molecule has 2 saturated heterocycles. The molecule has 1 aromatic carbocycles. The van der Waals surface area contributed by atoms with Gasteiger partial charge in [0.2, 0.25) is 23.6 Å². The van der Waals surface area contributed by atoms with Crippen molar-refractivity contribution in [2.24, 2.45) is 17.6 Å². The number of benzene rings is 1. The van der Waals surface area contributed by atoms with Gasteiger partial charge in [-0.25, -0.2) is 0 Å². The zero-order valence-corrected chi connectivity index (χ0v) is 16.5. The quantitative estimate of drug-likeness (QED) is 0.627. The van der Waals surface area contributed by atoms with E-state index in [9.17, 15) is 19.2 Å². The number of fused-ring (bicyclic) bond motifs is 4. The largest absolute Gasteiger partial charge is 0.370 e. The van der Waals surface area contributed by atoms with Crippen LogP contribution >= 0.6 is 11.6 Å². The molecule has 1 spiro atoms. The third-order valence-corrected chi connectivity index (χ3v) is 6.00. The monoisotopic (exact) mass is 404 g/mol. The van der Waals surface area contributed by atoms with Crippen molar-refractivity contribution >= 4 is 40.9 Å². The van der Waals surface area contributed by atoms with E-state index in [4.69, 9.17) is 17.3 Å². The molecule has 0 aromatic heterocycles. The molecule has 3 heterocycles. The zero-order chi connectivity index (χ0) is 20.6. The number of nitrogens with one attached hydrogen (secondary N) is 2. The van der Waals surface area contributed by atoms with Gasteiger partial charge in [0.05, 0.1) is 11.8 Å². The summed E-state index contributed by atoms with van der Waals surface area (Å²) in [6, 6.07) is 4.17. The van der Waals surface area contributed by atoms with E-state index in [2.05, 4.69) is 10.6 Å². The fraction of sp³-hybridized carbons (Fsp3) is 0.474. The average molecular weight is 405 g/mol. The first-order valence-electron chi connectivity index (χ1n) is 9.04. The third kappa shape index (κ3) is 2.34. The van der Waals surface area contributed by atoms with Crippen molar-refractivity contribution in [2.75, 3.05) is 5.32 Å². The minimum Gasteiger partial charge on any atom is -0.370 e. The maximum absolute atomic E-state index is 13.4. The van der Waals surface area contributed by atoms with Crippen molar-refractivity contribution in [1.29, 1.82) is 0 Å². The first-order chi connectivity index (χ1) is 13.0. The molecule has 4 atom stereocenters. The molecule has 9 heteroatoms. The van der Waals surface area contributed by atoms with Gasteiger partial charge in [-0.3, -0.25) is 29.4 Å². The summed E-state index contributed by atoms with van der Waals surface area (Å²) in [4.78, 5) is 52.6. The minimum absolute atomic E-state index is 0.164. The Labute approximate surface area is 166 Å².